The first kappa shape index (κ1) is 33.2. The lowest BCUT2D eigenvalue weighted by Crippen LogP contribution is -2.69. The number of rotatable bonds is 9. The number of nitrogens with one attached hydrogen (secondary N) is 1. The van der Waals surface area contributed by atoms with Gasteiger partial charge < -0.3 is 81.0 Å². The van der Waals surface area contributed by atoms with Crippen molar-refractivity contribution in [2.45, 2.75) is 99.1 Å². The maximum Gasteiger partial charge on any atom is 0.404 e. The molecule has 3 aliphatic heterocycles. The number of primary amides is 2. The quantitative estimate of drug-likeness (QED) is 0.118. The van der Waals surface area contributed by atoms with Crippen molar-refractivity contribution >= 4 is 17.9 Å². The fourth-order valence-electron chi connectivity index (χ4n) is 4.91. The molecule has 0 bridgehead atoms. The Kier molecular flexibility index (Phi) is 10.8. The summed E-state index contributed by atoms with van der Waals surface area (Å²) < 4.78 is 32.5. The summed E-state index contributed by atoms with van der Waals surface area (Å²) in [6, 6.07) is -1.45. The van der Waals surface area contributed by atoms with E-state index in [1.807, 2.05) is 0 Å². The Labute approximate surface area is 232 Å². The molecule has 12 N–H and O–H groups in total. The maximum atomic E-state index is 11.8. The number of aliphatic hydroxyl groups is 7. The molecule has 0 spiro atoms. The molecule has 14 atom stereocenters. The number of aliphatic hydroxyl groups excluding tert-OH is 6. The van der Waals surface area contributed by atoms with Crippen LogP contribution >= 0.6 is 0 Å². The van der Waals surface area contributed by atoms with E-state index in [0.717, 1.165) is 13.8 Å². The van der Waals surface area contributed by atoms with E-state index in [1.54, 1.807) is 0 Å². The molecule has 0 aromatic rings. The molecular weight excluding hydrogens is 562 g/mol. The van der Waals surface area contributed by atoms with Crippen LogP contribution in [-0.2, 0) is 38.0 Å². The van der Waals surface area contributed by atoms with E-state index in [-0.39, 0.29) is 0 Å². The van der Waals surface area contributed by atoms with Gasteiger partial charge in [-0.05, 0) is 6.92 Å². The van der Waals surface area contributed by atoms with Crippen molar-refractivity contribution < 1.29 is 78.6 Å². The van der Waals surface area contributed by atoms with Gasteiger partial charge in [-0.3, -0.25) is 9.59 Å². The Hall–Kier alpha value is -2.27. The summed E-state index contributed by atoms with van der Waals surface area (Å²) in [5.41, 5.74) is 8.15. The number of amides is 3. The van der Waals surface area contributed by atoms with Crippen LogP contribution in [0.3, 0.4) is 0 Å². The van der Waals surface area contributed by atoms with Crippen LogP contribution in [0, 0.1) is 0 Å². The highest BCUT2D eigenvalue weighted by Gasteiger charge is 2.56. The zero-order valence-corrected chi connectivity index (χ0v) is 22.1. The molecule has 3 fully saturated rings. The molecule has 0 radical (unpaired) electrons. The van der Waals surface area contributed by atoms with Gasteiger partial charge in [0, 0.05) is 6.92 Å². The lowest BCUT2D eigenvalue weighted by atomic mass is 9.85. The van der Waals surface area contributed by atoms with Gasteiger partial charge in [0.1, 0.15) is 60.5 Å². The fraction of sp³-hybridized carbons (Fsp3) is 0.864. The number of ether oxygens (including phenoxy) is 6. The van der Waals surface area contributed by atoms with E-state index < -0.39 is 123 Å². The summed E-state index contributed by atoms with van der Waals surface area (Å²) >= 11 is 0. The van der Waals surface area contributed by atoms with Crippen molar-refractivity contribution in [3.8, 4) is 0 Å². The summed E-state index contributed by atoms with van der Waals surface area (Å²) in [4.78, 5) is 35.2. The number of carbonyl (C=O) groups is 3. The Morgan fingerprint density at radius 2 is 1.56 bits per heavy atom. The van der Waals surface area contributed by atoms with Gasteiger partial charge in [0.15, 0.2) is 24.8 Å². The molecule has 0 saturated carbocycles. The second kappa shape index (κ2) is 13.4. The van der Waals surface area contributed by atoms with Crippen molar-refractivity contribution in [3.63, 3.8) is 0 Å². The summed E-state index contributed by atoms with van der Waals surface area (Å²) in [5.74, 6) is -1.75. The second-order valence-corrected chi connectivity index (χ2v) is 10.2. The van der Waals surface area contributed by atoms with E-state index in [9.17, 15) is 50.1 Å². The number of nitrogens with two attached hydrogens (primary N) is 2. The Morgan fingerprint density at radius 3 is 2.12 bits per heavy atom. The lowest BCUT2D eigenvalue weighted by Gasteiger charge is -2.48. The maximum absolute atomic E-state index is 11.8. The number of hydrogen-bond donors (Lipinski definition) is 10. The van der Waals surface area contributed by atoms with E-state index in [4.69, 9.17) is 39.9 Å². The van der Waals surface area contributed by atoms with E-state index in [1.165, 1.54) is 0 Å². The minimum atomic E-state index is -2.26. The van der Waals surface area contributed by atoms with Crippen molar-refractivity contribution in [3.05, 3.63) is 0 Å². The molecule has 41 heavy (non-hydrogen) atoms. The van der Waals surface area contributed by atoms with Gasteiger partial charge in [-0.1, -0.05) is 0 Å². The summed E-state index contributed by atoms with van der Waals surface area (Å²) in [6.45, 7) is 0.318. The average Bonchev–Trinajstić information content (AvgIpc) is 2.88. The van der Waals surface area contributed by atoms with Crippen LogP contribution < -0.4 is 16.8 Å². The molecule has 3 saturated heterocycles. The minimum absolute atomic E-state index is 0.515. The van der Waals surface area contributed by atoms with Crippen LogP contribution in [0.25, 0.3) is 0 Å². The predicted molar refractivity (Wildman–Crippen MR) is 127 cm³/mol. The summed E-state index contributed by atoms with van der Waals surface area (Å²) in [6.07, 6.45) is -20.7. The predicted octanol–water partition coefficient (Wildman–Crippen LogP) is -6.76. The Morgan fingerprint density at radius 1 is 0.951 bits per heavy atom. The monoisotopic (exact) mass is 599 g/mol. The van der Waals surface area contributed by atoms with E-state index in [0.29, 0.717) is 0 Å². The van der Waals surface area contributed by atoms with Crippen LogP contribution in [-0.4, -0.2) is 159 Å². The molecule has 14 unspecified atom stereocenters. The average molecular weight is 600 g/mol. The van der Waals surface area contributed by atoms with Crippen molar-refractivity contribution in [1.29, 1.82) is 0 Å². The number of hydrogen-bond acceptors (Lipinski definition) is 16. The molecule has 0 aliphatic carbocycles. The van der Waals surface area contributed by atoms with Crippen LogP contribution in [0.2, 0.25) is 0 Å². The third-order valence-electron chi connectivity index (χ3n) is 7.03. The van der Waals surface area contributed by atoms with Gasteiger partial charge in [-0.2, -0.15) is 0 Å². The molecule has 0 aromatic carbocycles. The Bertz CT molecular complexity index is 939. The zero-order chi connectivity index (χ0) is 30.8. The fourth-order valence-corrected chi connectivity index (χ4v) is 4.91. The van der Waals surface area contributed by atoms with Gasteiger partial charge in [0.25, 0.3) is 0 Å². The molecule has 3 rings (SSSR count). The molecular formula is C22H37N3O16. The van der Waals surface area contributed by atoms with Crippen molar-refractivity contribution in [2.24, 2.45) is 11.5 Å². The standard InChI is InChI=1S/C22H37N3O16/c1-6(27)25-10-13(30)12(29)8(4-37-20-15(32)14(31)11(28)7(3-26)38-20)39-19(10)40-9-5-36-17(18(23)33)22(2,35)16(9)41-21(24)34/h7-17,19-20,26,28-32,35H,3-5H2,1-2H3,(H2,23,33)(H2,24,34)(H,25,27). The van der Waals surface area contributed by atoms with Crippen LogP contribution in [0.4, 0.5) is 4.79 Å². The first-order valence-electron chi connectivity index (χ1n) is 12.6. The second-order valence-electron chi connectivity index (χ2n) is 10.2. The summed E-state index contributed by atoms with van der Waals surface area (Å²) in [5, 5.41) is 74.3. The molecule has 236 valence electrons. The van der Waals surface area contributed by atoms with Crippen LogP contribution in [0.5, 0.6) is 0 Å². The molecule has 0 aromatic heterocycles. The summed E-state index contributed by atoms with van der Waals surface area (Å²) in [7, 11) is 0. The SMILES string of the molecule is CC(=O)NC1C(OC2COC(C(N)=O)C(C)(O)C2OC(N)=O)OC(COC2OC(CO)C(O)C(O)C2O)C(O)C1O. The van der Waals surface area contributed by atoms with Crippen LogP contribution in [0.15, 0.2) is 0 Å². The van der Waals surface area contributed by atoms with Crippen LogP contribution in [0.1, 0.15) is 13.8 Å². The Balaban J connectivity index is 1.81. The van der Waals surface area contributed by atoms with Gasteiger partial charge in [-0.25, -0.2) is 4.79 Å². The minimum Gasteiger partial charge on any atom is -0.440 e. The smallest absolute Gasteiger partial charge is 0.404 e. The highest BCUT2D eigenvalue weighted by atomic mass is 16.7. The first-order chi connectivity index (χ1) is 19.1. The highest BCUT2D eigenvalue weighted by Crippen LogP contribution is 2.33. The lowest BCUT2D eigenvalue weighted by molar-refractivity contribution is -0.334. The first-order valence-corrected chi connectivity index (χ1v) is 12.6. The number of carbonyl (C=O) groups excluding carboxylic acids is 3. The van der Waals surface area contributed by atoms with Crippen molar-refractivity contribution in [1.82, 2.24) is 5.32 Å². The topological polar surface area (TPSA) is 312 Å². The van der Waals surface area contributed by atoms with E-state index in [2.05, 4.69) is 5.32 Å². The van der Waals surface area contributed by atoms with Gasteiger partial charge in [0.05, 0.1) is 19.8 Å². The third-order valence-corrected chi connectivity index (χ3v) is 7.03. The van der Waals surface area contributed by atoms with Gasteiger partial charge in [0.2, 0.25) is 11.8 Å². The largest absolute Gasteiger partial charge is 0.440 e. The molecule has 3 aliphatic rings. The third kappa shape index (κ3) is 7.21. The molecule has 3 heterocycles. The van der Waals surface area contributed by atoms with E-state index >= 15 is 0 Å². The normalized spacial score (nSPS) is 45.0. The molecule has 19 nitrogen and oxygen atoms in total. The van der Waals surface area contributed by atoms with Gasteiger partial charge in [-0.15, -0.1) is 0 Å². The van der Waals surface area contributed by atoms with Gasteiger partial charge >= 0.3 is 6.09 Å². The van der Waals surface area contributed by atoms with Crippen molar-refractivity contribution in [2.75, 3.05) is 19.8 Å². The molecule has 19 heteroatoms. The molecule has 3 amide bonds. The highest BCUT2D eigenvalue weighted by molar-refractivity contribution is 5.80. The zero-order valence-electron chi connectivity index (χ0n) is 22.1.